The summed E-state index contributed by atoms with van der Waals surface area (Å²) in [4.78, 5) is 36.1. The quantitative estimate of drug-likeness (QED) is 0.886. The molecule has 0 spiro atoms. The number of halogens is 3. The van der Waals surface area contributed by atoms with Gasteiger partial charge in [-0.1, -0.05) is 0 Å². The number of nitrogens with two attached hydrogens (primary N) is 1. The van der Waals surface area contributed by atoms with Crippen molar-refractivity contribution in [1.82, 2.24) is 9.80 Å². The number of alkyl halides is 3. The van der Waals surface area contributed by atoms with Crippen LogP contribution >= 0.6 is 0 Å². The molecule has 2 rings (SSSR count). The Morgan fingerprint density at radius 2 is 1.68 bits per heavy atom. The standard InChI is InChI=1S/C13H12F3N3O3/c14-13(15,16)6-19-7-18(5-10(19)20)12(22)9-3-1-8(2-4-9)11(17)21/h1-4H,5-7H2,(H2,17,21). The molecule has 0 aromatic heterocycles. The average Bonchev–Trinajstić information content (AvgIpc) is 2.77. The van der Waals surface area contributed by atoms with Crippen LogP contribution in [0, 0.1) is 0 Å². The van der Waals surface area contributed by atoms with Gasteiger partial charge in [0.1, 0.15) is 13.1 Å². The van der Waals surface area contributed by atoms with E-state index >= 15 is 0 Å². The molecule has 1 aliphatic heterocycles. The van der Waals surface area contributed by atoms with Gasteiger partial charge >= 0.3 is 6.18 Å². The molecule has 1 aromatic carbocycles. The van der Waals surface area contributed by atoms with Gasteiger partial charge in [0, 0.05) is 11.1 Å². The lowest BCUT2D eigenvalue weighted by atomic mass is 10.1. The smallest absolute Gasteiger partial charge is 0.366 e. The zero-order valence-corrected chi connectivity index (χ0v) is 11.3. The predicted molar refractivity (Wildman–Crippen MR) is 68.6 cm³/mol. The number of carbonyl (C=O) groups is 3. The Balaban J connectivity index is 2.07. The molecule has 0 aliphatic carbocycles. The van der Waals surface area contributed by atoms with Gasteiger partial charge in [0.25, 0.3) is 5.91 Å². The Morgan fingerprint density at radius 1 is 1.14 bits per heavy atom. The Labute approximate surface area is 123 Å². The minimum Gasteiger partial charge on any atom is -0.366 e. The van der Waals surface area contributed by atoms with Gasteiger partial charge in [0.15, 0.2) is 0 Å². The third-order valence-electron chi connectivity index (χ3n) is 3.09. The molecule has 1 saturated heterocycles. The molecular formula is C13H12F3N3O3. The van der Waals surface area contributed by atoms with Crippen LogP contribution in [-0.4, -0.2) is 53.5 Å². The van der Waals surface area contributed by atoms with Crippen LogP contribution in [0.5, 0.6) is 0 Å². The fraction of sp³-hybridized carbons (Fsp3) is 0.308. The van der Waals surface area contributed by atoms with Crippen LogP contribution in [0.15, 0.2) is 24.3 Å². The van der Waals surface area contributed by atoms with Crippen molar-refractivity contribution >= 4 is 17.7 Å². The second-order valence-electron chi connectivity index (χ2n) is 4.79. The van der Waals surface area contributed by atoms with Crippen LogP contribution in [-0.2, 0) is 4.79 Å². The third kappa shape index (κ3) is 3.54. The SMILES string of the molecule is NC(=O)c1ccc(C(=O)N2CC(=O)N(CC(F)(F)F)C2)cc1. The van der Waals surface area contributed by atoms with Crippen molar-refractivity contribution in [3.8, 4) is 0 Å². The Kier molecular flexibility index (Phi) is 4.07. The molecular weight excluding hydrogens is 303 g/mol. The van der Waals surface area contributed by atoms with E-state index in [-0.39, 0.29) is 11.1 Å². The van der Waals surface area contributed by atoms with Gasteiger partial charge in [-0.15, -0.1) is 0 Å². The van der Waals surface area contributed by atoms with E-state index in [2.05, 4.69) is 0 Å². The maximum absolute atomic E-state index is 12.3. The zero-order valence-electron chi connectivity index (χ0n) is 11.3. The summed E-state index contributed by atoms with van der Waals surface area (Å²) in [6.45, 7) is -2.22. The lowest BCUT2D eigenvalue weighted by molar-refractivity contribution is -0.157. The number of primary amides is 1. The minimum absolute atomic E-state index is 0.159. The van der Waals surface area contributed by atoms with Gasteiger partial charge in [-0.05, 0) is 24.3 Å². The van der Waals surface area contributed by atoms with E-state index in [0.29, 0.717) is 4.90 Å². The first kappa shape index (κ1) is 15.8. The van der Waals surface area contributed by atoms with Gasteiger partial charge < -0.3 is 15.5 Å². The first-order valence-corrected chi connectivity index (χ1v) is 6.21. The molecule has 9 heteroatoms. The largest absolute Gasteiger partial charge is 0.406 e. The summed E-state index contributed by atoms with van der Waals surface area (Å²) >= 11 is 0. The highest BCUT2D eigenvalue weighted by Gasteiger charge is 2.38. The number of amides is 3. The lowest BCUT2D eigenvalue weighted by Crippen LogP contribution is -2.37. The molecule has 118 valence electrons. The number of benzene rings is 1. The first-order chi connectivity index (χ1) is 10.2. The summed E-state index contributed by atoms with van der Waals surface area (Å²) in [6.07, 6.45) is -4.52. The van der Waals surface area contributed by atoms with E-state index in [4.69, 9.17) is 5.73 Å². The highest BCUT2D eigenvalue weighted by molar-refractivity contribution is 5.99. The number of hydrogen-bond acceptors (Lipinski definition) is 3. The predicted octanol–water partition coefficient (Wildman–Crippen LogP) is 0.590. The first-order valence-electron chi connectivity index (χ1n) is 6.21. The summed E-state index contributed by atoms with van der Waals surface area (Å²) < 4.78 is 36.9. The van der Waals surface area contributed by atoms with Gasteiger partial charge in [-0.2, -0.15) is 13.2 Å². The molecule has 1 fully saturated rings. The number of hydrogen-bond donors (Lipinski definition) is 1. The van der Waals surface area contributed by atoms with Crippen molar-refractivity contribution in [3.63, 3.8) is 0 Å². The topological polar surface area (TPSA) is 83.7 Å². The fourth-order valence-electron chi connectivity index (χ4n) is 2.05. The normalized spacial score (nSPS) is 15.3. The van der Waals surface area contributed by atoms with Crippen molar-refractivity contribution in [3.05, 3.63) is 35.4 Å². The van der Waals surface area contributed by atoms with Crippen molar-refractivity contribution in [2.75, 3.05) is 19.8 Å². The van der Waals surface area contributed by atoms with E-state index in [0.717, 1.165) is 4.90 Å². The van der Waals surface area contributed by atoms with Crippen molar-refractivity contribution < 1.29 is 27.6 Å². The van der Waals surface area contributed by atoms with Gasteiger partial charge in [0.2, 0.25) is 11.8 Å². The van der Waals surface area contributed by atoms with Crippen LogP contribution < -0.4 is 5.73 Å². The third-order valence-corrected chi connectivity index (χ3v) is 3.09. The average molecular weight is 315 g/mol. The fourth-order valence-corrected chi connectivity index (χ4v) is 2.05. The van der Waals surface area contributed by atoms with Gasteiger partial charge in [-0.25, -0.2) is 0 Å². The summed E-state index contributed by atoms with van der Waals surface area (Å²) in [6, 6.07) is 5.33. The number of rotatable bonds is 3. The molecule has 1 aromatic rings. The zero-order chi connectivity index (χ0) is 16.5. The summed E-state index contributed by atoms with van der Waals surface area (Å²) in [7, 11) is 0. The van der Waals surface area contributed by atoms with Gasteiger partial charge in [-0.3, -0.25) is 14.4 Å². The molecule has 0 bridgehead atoms. The molecule has 0 unspecified atom stereocenters. The van der Waals surface area contributed by atoms with Crippen LogP contribution in [0.3, 0.4) is 0 Å². The van der Waals surface area contributed by atoms with E-state index in [1.807, 2.05) is 0 Å². The summed E-state index contributed by atoms with van der Waals surface area (Å²) in [5.74, 6) is -2.01. The summed E-state index contributed by atoms with van der Waals surface area (Å²) in [5, 5.41) is 0. The minimum atomic E-state index is -4.52. The van der Waals surface area contributed by atoms with E-state index in [9.17, 15) is 27.6 Å². The van der Waals surface area contributed by atoms with Crippen LogP contribution in [0.25, 0.3) is 0 Å². The molecule has 2 N–H and O–H groups in total. The van der Waals surface area contributed by atoms with Crippen LogP contribution in [0.2, 0.25) is 0 Å². The van der Waals surface area contributed by atoms with E-state index in [1.54, 1.807) is 0 Å². The Morgan fingerprint density at radius 3 is 2.18 bits per heavy atom. The van der Waals surface area contributed by atoms with Crippen LogP contribution in [0.1, 0.15) is 20.7 Å². The second-order valence-corrected chi connectivity index (χ2v) is 4.79. The van der Waals surface area contributed by atoms with Crippen LogP contribution in [0.4, 0.5) is 13.2 Å². The molecule has 22 heavy (non-hydrogen) atoms. The monoisotopic (exact) mass is 315 g/mol. The van der Waals surface area contributed by atoms with E-state index in [1.165, 1.54) is 24.3 Å². The molecule has 3 amide bonds. The van der Waals surface area contributed by atoms with Gasteiger partial charge in [0.05, 0.1) is 6.67 Å². The maximum Gasteiger partial charge on any atom is 0.406 e. The highest BCUT2D eigenvalue weighted by atomic mass is 19.4. The molecule has 0 saturated carbocycles. The molecule has 1 heterocycles. The maximum atomic E-state index is 12.3. The van der Waals surface area contributed by atoms with Crippen molar-refractivity contribution in [2.24, 2.45) is 5.73 Å². The number of nitrogens with zero attached hydrogens (tertiary/aromatic N) is 2. The molecule has 0 radical (unpaired) electrons. The molecule has 0 atom stereocenters. The van der Waals surface area contributed by atoms with E-state index < -0.39 is 43.7 Å². The second kappa shape index (κ2) is 5.66. The molecule has 1 aliphatic rings. The summed E-state index contributed by atoms with van der Waals surface area (Å²) in [5.41, 5.74) is 5.43. The highest BCUT2D eigenvalue weighted by Crippen LogP contribution is 2.20. The van der Waals surface area contributed by atoms with Crippen molar-refractivity contribution in [1.29, 1.82) is 0 Å². The van der Waals surface area contributed by atoms with Crippen molar-refractivity contribution in [2.45, 2.75) is 6.18 Å². The molecule has 6 nitrogen and oxygen atoms in total. The Hall–Kier alpha value is -2.58. The Bertz CT molecular complexity index is 613. The lowest BCUT2D eigenvalue weighted by Gasteiger charge is -2.19. The number of carbonyl (C=O) groups excluding carboxylic acids is 3.